The maximum atomic E-state index is 13.0. The Hall–Kier alpha value is -2.93. The summed E-state index contributed by atoms with van der Waals surface area (Å²) in [6.45, 7) is 8.21. The number of hydrogen-bond acceptors (Lipinski definition) is 4. The highest BCUT2D eigenvalue weighted by molar-refractivity contribution is 6.05. The van der Waals surface area contributed by atoms with Gasteiger partial charge in [-0.25, -0.2) is 0 Å². The molecule has 0 bridgehead atoms. The SMILES string of the molecule is CCCC(=O)Nc1ccc(NC(=O)c2c(C)ccn(C(C)CN(C)C)c2=O)cc1C. The Morgan fingerprint density at radius 2 is 1.80 bits per heavy atom. The Bertz CT molecular complexity index is 979. The number of amides is 2. The van der Waals surface area contributed by atoms with Crippen LogP contribution in [-0.4, -0.2) is 41.9 Å². The van der Waals surface area contributed by atoms with E-state index in [1.54, 1.807) is 42.0 Å². The molecule has 30 heavy (non-hydrogen) atoms. The molecule has 0 aliphatic rings. The Balaban J connectivity index is 2.25. The molecule has 7 heteroatoms. The van der Waals surface area contributed by atoms with Gasteiger partial charge in [0.25, 0.3) is 11.5 Å². The van der Waals surface area contributed by atoms with Crippen LogP contribution in [-0.2, 0) is 4.79 Å². The van der Waals surface area contributed by atoms with E-state index in [1.165, 1.54) is 0 Å². The quantitative estimate of drug-likeness (QED) is 0.694. The third kappa shape index (κ3) is 5.79. The maximum absolute atomic E-state index is 13.0. The molecule has 162 valence electrons. The maximum Gasteiger partial charge on any atom is 0.263 e. The molecule has 2 rings (SSSR count). The molecule has 1 unspecified atom stereocenters. The smallest absolute Gasteiger partial charge is 0.263 e. The van der Waals surface area contributed by atoms with E-state index in [2.05, 4.69) is 10.6 Å². The van der Waals surface area contributed by atoms with E-state index in [0.29, 0.717) is 29.9 Å². The average Bonchev–Trinajstić information content (AvgIpc) is 2.63. The van der Waals surface area contributed by atoms with Gasteiger partial charge in [0.2, 0.25) is 5.91 Å². The molecule has 0 fully saturated rings. The molecule has 0 saturated heterocycles. The number of aromatic nitrogens is 1. The number of nitrogens with one attached hydrogen (secondary N) is 2. The fourth-order valence-electron chi connectivity index (χ4n) is 3.40. The molecule has 0 saturated carbocycles. The molecule has 1 aromatic carbocycles. The lowest BCUT2D eigenvalue weighted by molar-refractivity contribution is -0.116. The number of aryl methyl sites for hydroxylation is 2. The van der Waals surface area contributed by atoms with Crippen molar-refractivity contribution >= 4 is 23.2 Å². The minimum atomic E-state index is -0.439. The normalized spacial score (nSPS) is 12.0. The summed E-state index contributed by atoms with van der Waals surface area (Å²) in [4.78, 5) is 39.7. The number of anilines is 2. The highest BCUT2D eigenvalue weighted by Gasteiger charge is 2.19. The van der Waals surface area contributed by atoms with Gasteiger partial charge in [0, 0.05) is 36.6 Å². The Morgan fingerprint density at radius 3 is 2.40 bits per heavy atom. The third-order valence-electron chi connectivity index (χ3n) is 4.89. The summed E-state index contributed by atoms with van der Waals surface area (Å²) in [7, 11) is 3.89. The summed E-state index contributed by atoms with van der Waals surface area (Å²) in [6, 6.07) is 6.99. The van der Waals surface area contributed by atoms with Crippen molar-refractivity contribution in [2.45, 2.75) is 46.6 Å². The molecular formula is C23H32N4O3. The van der Waals surface area contributed by atoms with Crippen molar-refractivity contribution in [3.05, 3.63) is 57.5 Å². The number of carbonyl (C=O) groups excluding carboxylic acids is 2. The lowest BCUT2D eigenvalue weighted by Crippen LogP contribution is -2.34. The Labute approximate surface area is 178 Å². The number of hydrogen-bond donors (Lipinski definition) is 2. The van der Waals surface area contributed by atoms with E-state index in [1.807, 2.05) is 39.8 Å². The zero-order valence-corrected chi connectivity index (χ0v) is 18.7. The van der Waals surface area contributed by atoms with Gasteiger partial charge in [-0.05, 0) is 76.7 Å². The second kappa shape index (κ2) is 10.2. The van der Waals surface area contributed by atoms with Crippen LogP contribution in [0.2, 0.25) is 0 Å². The van der Waals surface area contributed by atoms with Crippen LogP contribution in [0.3, 0.4) is 0 Å². The highest BCUT2D eigenvalue weighted by atomic mass is 16.2. The van der Waals surface area contributed by atoms with E-state index < -0.39 is 5.91 Å². The van der Waals surface area contributed by atoms with Crippen molar-refractivity contribution in [2.24, 2.45) is 0 Å². The first-order valence-electron chi connectivity index (χ1n) is 10.2. The second-order valence-electron chi connectivity index (χ2n) is 7.98. The van der Waals surface area contributed by atoms with Gasteiger partial charge in [0.1, 0.15) is 5.56 Å². The number of likely N-dealkylation sites (N-methyl/N-ethyl adjacent to an activating group) is 1. The van der Waals surface area contributed by atoms with Crippen molar-refractivity contribution in [1.82, 2.24) is 9.47 Å². The van der Waals surface area contributed by atoms with E-state index in [0.717, 1.165) is 12.0 Å². The first-order valence-corrected chi connectivity index (χ1v) is 10.2. The number of rotatable bonds is 8. The van der Waals surface area contributed by atoms with Gasteiger partial charge in [-0.15, -0.1) is 0 Å². The molecule has 7 nitrogen and oxygen atoms in total. The van der Waals surface area contributed by atoms with Gasteiger partial charge in [0.05, 0.1) is 0 Å². The van der Waals surface area contributed by atoms with Crippen molar-refractivity contribution < 1.29 is 9.59 Å². The van der Waals surface area contributed by atoms with Crippen molar-refractivity contribution in [3.8, 4) is 0 Å². The van der Waals surface area contributed by atoms with Crippen LogP contribution in [0.4, 0.5) is 11.4 Å². The van der Waals surface area contributed by atoms with Crippen molar-refractivity contribution in [2.75, 3.05) is 31.3 Å². The number of pyridine rings is 1. The van der Waals surface area contributed by atoms with Crippen LogP contribution in [0.25, 0.3) is 0 Å². The molecule has 2 amide bonds. The predicted octanol–water partition coefficient (Wildman–Crippen LogP) is 3.58. The summed E-state index contributed by atoms with van der Waals surface area (Å²) >= 11 is 0. The molecule has 1 aromatic heterocycles. The van der Waals surface area contributed by atoms with Crippen molar-refractivity contribution in [1.29, 1.82) is 0 Å². The van der Waals surface area contributed by atoms with E-state index >= 15 is 0 Å². The molecular weight excluding hydrogens is 380 g/mol. The van der Waals surface area contributed by atoms with Gasteiger partial charge >= 0.3 is 0 Å². The minimum absolute atomic E-state index is 0.0373. The fourth-order valence-corrected chi connectivity index (χ4v) is 3.40. The van der Waals surface area contributed by atoms with Gasteiger partial charge in [-0.2, -0.15) is 0 Å². The summed E-state index contributed by atoms with van der Waals surface area (Å²) in [5.74, 6) is -0.476. The standard InChI is InChI=1S/C23H32N4O3/c1-7-8-20(28)25-19-10-9-18(13-16(19)3)24-22(29)21-15(2)11-12-27(23(21)30)17(4)14-26(5)6/h9-13,17H,7-8,14H2,1-6H3,(H,24,29)(H,25,28). The molecule has 2 aromatic rings. The molecule has 2 N–H and O–H groups in total. The zero-order valence-electron chi connectivity index (χ0n) is 18.7. The van der Waals surface area contributed by atoms with Gasteiger partial charge < -0.3 is 20.1 Å². The van der Waals surface area contributed by atoms with E-state index in [-0.39, 0.29) is 23.1 Å². The van der Waals surface area contributed by atoms with E-state index in [4.69, 9.17) is 0 Å². The molecule has 0 aliphatic heterocycles. The fraction of sp³-hybridized carbons (Fsp3) is 0.435. The van der Waals surface area contributed by atoms with Gasteiger partial charge in [0.15, 0.2) is 0 Å². The summed E-state index contributed by atoms with van der Waals surface area (Å²) in [5, 5.41) is 5.69. The van der Waals surface area contributed by atoms with E-state index in [9.17, 15) is 14.4 Å². The predicted molar refractivity (Wildman–Crippen MR) is 121 cm³/mol. The summed E-state index contributed by atoms with van der Waals surface area (Å²) in [5.41, 5.74) is 2.58. The average molecular weight is 413 g/mol. The Morgan fingerprint density at radius 1 is 1.10 bits per heavy atom. The van der Waals surface area contributed by atoms with Crippen LogP contribution >= 0.6 is 0 Å². The Kier molecular flexibility index (Phi) is 7.94. The molecule has 1 heterocycles. The van der Waals surface area contributed by atoms with Gasteiger partial charge in [-0.3, -0.25) is 14.4 Å². The topological polar surface area (TPSA) is 83.4 Å². The highest BCUT2D eigenvalue weighted by Crippen LogP contribution is 2.21. The lowest BCUT2D eigenvalue weighted by Gasteiger charge is -2.20. The number of carbonyl (C=O) groups is 2. The minimum Gasteiger partial charge on any atom is -0.326 e. The number of nitrogens with zero attached hydrogens (tertiary/aromatic N) is 2. The molecule has 0 radical (unpaired) electrons. The van der Waals surface area contributed by atoms with Crippen LogP contribution in [0.5, 0.6) is 0 Å². The summed E-state index contributed by atoms with van der Waals surface area (Å²) < 4.78 is 1.60. The first-order chi connectivity index (χ1) is 14.1. The van der Waals surface area contributed by atoms with Crippen LogP contribution in [0.1, 0.15) is 54.2 Å². The lowest BCUT2D eigenvalue weighted by atomic mass is 10.1. The second-order valence-corrected chi connectivity index (χ2v) is 7.98. The first kappa shape index (κ1) is 23.3. The van der Waals surface area contributed by atoms with Crippen molar-refractivity contribution in [3.63, 3.8) is 0 Å². The zero-order chi connectivity index (χ0) is 22.4. The molecule has 1 atom stereocenters. The summed E-state index contributed by atoms with van der Waals surface area (Å²) in [6.07, 6.45) is 2.98. The van der Waals surface area contributed by atoms with Crippen LogP contribution in [0.15, 0.2) is 35.3 Å². The molecule has 0 spiro atoms. The largest absolute Gasteiger partial charge is 0.326 e. The van der Waals surface area contributed by atoms with Crippen LogP contribution in [0, 0.1) is 13.8 Å². The third-order valence-corrected chi connectivity index (χ3v) is 4.89. The van der Waals surface area contributed by atoms with Gasteiger partial charge in [-0.1, -0.05) is 6.92 Å². The monoisotopic (exact) mass is 412 g/mol. The van der Waals surface area contributed by atoms with Crippen LogP contribution < -0.4 is 16.2 Å². The number of benzene rings is 1. The molecule has 0 aliphatic carbocycles.